The molecule has 0 radical (unpaired) electrons. The van der Waals surface area contributed by atoms with Gasteiger partial charge >= 0.3 is 0 Å². The van der Waals surface area contributed by atoms with Crippen LogP contribution in [0.25, 0.3) is 0 Å². The van der Waals surface area contributed by atoms with E-state index in [4.69, 9.17) is 17.3 Å². The summed E-state index contributed by atoms with van der Waals surface area (Å²) in [6.07, 6.45) is 1.77. The van der Waals surface area contributed by atoms with E-state index in [2.05, 4.69) is 10.3 Å². The minimum atomic E-state index is 0.645. The Bertz CT molecular complexity index is 512. The molecule has 4 heteroatoms. The lowest BCUT2D eigenvalue weighted by Crippen LogP contribution is -2.04. The van der Waals surface area contributed by atoms with Crippen molar-refractivity contribution in [2.75, 3.05) is 11.1 Å². The smallest absolute Gasteiger partial charge is 0.0594 e. The van der Waals surface area contributed by atoms with Gasteiger partial charge in [0.05, 0.1) is 23.6 Å². The number of hydrogen-bond donors (Lipinski definition) is 2. The predicted octanol–water partition coefficient (Wildman–Crippen LogP) is 3.24. The van der Waals surface area contributed by atoms with E-state index in [-0.39, 0.29) is 0 Å². The van der Waals surface area contributed by atoms with Crippen LogP contribution in [-0.2, 0) is 6.54 Å². The molecule has 0 saturated heterocycles. The fraction of sp³-hybridized carbons (Fsp3) is 0.154. The maximum absolute atomic E-state index is 5.98. The first-order valence-corrected chi connectivity index (χ1v) is 5.74. The third-order valence-corrected chi connectivity index (χ3v) is 2.92. The average molecular weight is 248 g/mol. The van der Waals surface area contributed by atoms with Gasteiger partial charge in [-0.3, -0.25) is 4.98 Å². The number of benzene rings is 1. The van der Waals surface area contributed by atoms with Crippen LogP contribution in [0.3, 0.4) is 0 Å². The third-order valence-electron chi connectivity index (χ3n) is 2.52. The van der Waals surface area contributed by atoms with E-state index in [1.165, 1.54) is 0 Å². The van der Waals surface area contributed by atoms with Gasteiger partial charge in [-0.1, -0.05) is 17.7 Å². The number of hydrogen-bond acceptors (Lipinski definition) is 3. The number of anilines is 2. The van der Waals surface area contributed by atoms with E-state index < -0.39 is 0 Å². The Labute approximate surface area is 106 Å². The Morgan fingerprint density at radius 2 is 2.18 bits per heavy atom. The van der Waals surface area contributed by atoms with Gasteiger partial charge in [0.2, 0.25) is 0 Å². The molecule has 17 heavy (non-hydrogen) atoms. The molecule has 0 bridgehead atoms. The van der Waals surface area contributed by atoms with E-state index in [0.717, 1.165) is 16.9 Å². The van der Waals surface area contributed by atoms with Crippen molar-refractivity contribution in [3.63, 3.8) is 0 Å². The minimum absolute atomic E-state index is 0.645. The second-order valence-electron chi connectivity index (χ2n) is 3.86. The van der Waals surface area contributed by atoms with Gasteiger partial charge in [0.1, 0.15) is 0 Å². The van der Waals surface area contributed by atoms with Crippen molar-refractivity contribution in [3.8, 4) is 0 Å². The van der Waals surface area contributed by atoms with Crippen molar-refractivity contribution < 1.29 is 0 Å². The Morgan fingerprint density at radius 3 is 2.88 bits per heavy atom. The molecule has 2 rings (SSSR count). The zero-order valence-electron chi connectivity index (χ0n) is 9.57. The van der Waals surface area contributed by atoms with Crippen LogP contribution in [-0.4, -0.2) is 4.98 Å². The van der Waals surface area contributed by atoms with Gasteiger partial charge in [-0.25, -0.2) is 0 Å². The normalized spacial score (nSPS) is 10.2. The predicted molar refractivity (Wildman–Crippen MR) is 72.2 cm³/mol. The molecule has 0 amide bonds. The van der Waals surface area contributed by atoms with E-state index in [1.807, 2.05) is 31.2 Å². The van der Waals surface area contributed by atoms with Crippen LogP contribution in [0, 0.1) is 6.92 Å². The van der Waals surface area contributed by atoms with Crippen LogP contribution in [0.4, 0.5) is 11.4 Å². The lowest BCUT2D eigenvalue weighted by molar-refractivity contribution is 1.05. The van der Waals surface area contributed by atoms with Crippen LogP contribution in [0.15, 0.2) is 36.5 Å². The molecule has 3 nitrogen and oxygen atoms in total. The van der Waals surface area contributed by atoms with Gasteiger partial charge in [0, 0.05) is 11.2 Å². The van der Waals surface area contributed by atoms with Crippen molar-refractivity contribution in [2.45, 2.75) is 13.5 Å². The monoisotopic (exact) mass is 247 g/mol. The molecule has 0 atom stereocenters. The zero-order chi connectivity index (χ0) is 12.3. The highest BCUT2D eigenvalue weighted by molar-refractivity contribution is 6.31. The van der Waals surface area contributed by atoms with Crippen LogP contribution < -0.4 is 11.1 Å². The summed E-state index contributed by atoms with van der Waals surface area (Å²) in [5, 5.41) is 3.94. The molecule has 2 aromatic rings. The summed E-state index contributed by atoms with van der Waals surface area (Å²) in [5.41, 5.74) is 9.40. The van der Waals surface area contributed by atoms with E-state index >= 15 is 0 Å². The molecule has 0 fully saturated rings. The second-order valence-corrected chi connectivity index (χ2v) is 4.27. The lowest BCUT2D eigenvalue weighted by Gasteiger charge is -2.10. The first kappa shape index (κ1) is 11.7. The molecule has 88 valence electrons. The number of nitrogen functional groups attached to an aromatic ring is 1. The quantitative estimate of drug-likeness (QED) is 0.819. The maximum Gasteiger partial charge on any atom is 0.0594 e. The van der Waals surface area contributed by atoms with E-state index in [9.17, 15) is 0 Å². The summed E-state index contributed by atoms with van der Waals surface area (Å²) < 4.78 is 0. The van der Waals surface area contributed by atoms with E-state index in [1.54, 1.807) is 12.3 Å². The molecule has 0 aliphatic heterocycles. The molecule has 0 aliphatic rings. The van der Waals surface area contributed by atoms with Crippen molar-refractivity contribution in [3.05, 3.63) is 52.8 Å². The van der Waals surface area contributed by atoms with Crippen molar-refractivity contribution in [1.82, 2.24) is 4.98 Å². The van der Waals surface area contributed by atoms with E-state index in [0.29, 0.717) is 17.3 Å². The summed E-state index contributed by atoms with van der Waals surface area (Å²) in [6.45, 7) is 2.60. The average Bonchev–Trinajstić information content (AvgIpc) is 2.33. The fourth-order valence-corrected chi connectivity index (χ4v) is 1.71. The Balaban J connectivity index is 2.12. The molecule has 1 aromatic heterocycles. The van der Waals surface area contributed by atoms with Gasteiger partial charge in [-0.05, 0) is 36.8 Å². The van der Waals surface area contributed by atoms with Gasteiger partial charge in [-0.15, -0.1) is 0 Å². The van der Waals surface area contributed by atoms with Crippen molar-refractivity contribution >= 4 is 23.0 Å². The highest BCUT2D eigenvalue weighted by atomic mass is 35.5. The van der Waals surface area contributed by atoms with Crippen molar-refractivity contribution in [2.24, 2.45) is 0 Å². The Hall–Kier alpha value is -1.74. The zero-order valence-corrected chi connectivity index (χ0v) is 10.3. The number of aryl methyl sites for hydroxylation is 1. The molecular formula is C13H14ClN3. The summed E-state index contributed by atoms with van der Waals surface area (Å²) in [5.74, 6) is 0. The van der Waals surface area contributed by atoms with Crippen molar-refractivity contribution in [1.29, 1.82) is 0 Å². The fourth-order valence-electron chi connectivity index (χ4n) is 1.54. The van der Waals surface area contributed by atoms with Gasteiger partial charge in [-0.2, -0.15) is 0 Å². The second kappa shape index (κ2) is 5.06. The number of nitrogens with two attached hydrogens (primary N) is 1. The SMILES string of the molecule is Cc1cc(NCc2ccccn2)c(N)cc1Cl. The number of nitrogens with zero attached hydrogens (tertiary/aromatic N) is 1. The number of halogens is 1. The molecule has 3 N–H and O–H groups in total. The lowest BCUT2D eigenvalue weighted by atomic mass is 10.2. The maximum atomic E-state index is 5.98. The first-order valence-electron chi connectivity index (χ1n) is 5.36. The number of aromatic nitrogens is 1. The third kappa shape index (κ3) is 2.88. The molecule has 0 saturated carbocycles. The minimum Gasteiger partial charge on any atom is -0.397 e. The van der Waals surface area contributed by atoms with Crippen LogP contribution >= 0.6 is 11.6 Å². The number of nitrogens with one attached hydrogen (secondary N) is 1. The summed E-state index contributed by atoms with van der Waals surface area (Å²) in [6, 6.07) is 9.52. The summed E-state index contributed by atoms with van der Waals surface area (Å²) in [7, 11) is 0. The molecular weight excluding hydrogens is 234 g/mol. The summed E-state index contributed by atoms with van der Waals surface area (Å²) in [4.78, 5) is 4.23. The highest BCUT2D eigenvalue weighted by Crippen LogP contribution is 2.26. The molecule has 1 heterocycles. The van der Waals surface area contributed by atoms with Crippen LogP contribution in [0.5, 0.6) is 0 Å². The Kier molecular flexibility index (Phi) is 3.49. The summed E-state index contributed by atoms with van der Waals surface area (Å²) >= 11 is 5.98. The van der Waals surface area contributed by atoms with Gasteiger partial charge in [0.15, 0.2) is 0 Å². The molecule has 1 aromatic carbocycles. The van der Waals surface area contributed by atoms with Gasteiger partial charge in [0.25, 0.3) is 0 Å². The largest absolute Gasteiger partial charge is 0.397 e. The number of pyridine rings is 1. The van der Waals surface area contributed by atoms with Gasteiger partial charge < -0.3 is 11.1 Å². The van der Waals surface area contributed by atoms with Crippen LogP contribution in [0.1, 0.15) is 11.3 Å². The van der Waals surface area contributed by atoms with Crippen LogP contribution in [0.2, 0.25) is 5.02 Å². The highest BCUT2D eigenvalue weighted by Gasteiger charge is 2.03. The molecule has 0 spiro atoms. The topological polar surface area (TPSA) is 50.9 Å². The molecule has 0 unspecified atom stereocenters. The number of rotatable bonds is 3. The first-order chi connectivity index (χ1) is 8.16. The standard InChI is InChI=1S/C13H14ClN3/c1-9-6-13(12(15)7-11(9)14)17-8-10-4-2-3-5-16-10/h2-7,17H,8,15H2,1H3. The molecule has 0 aliphatic carbocycles. The Morgan fingerprint density at radius 1 is 1.35 bits per heavy atom.